The van der Waals surface area contributed by atoms with Crippen LogP contribution in [0.15, 0.2) is 54.6 Å². The average Bonchev–Trinajstić information content (AvgIpc) is 2.57. The fourth-order valence-corrected chi connectivity index (χ4v) is 2.78. The van der Waals surface area contributed by atoms with Gasteiger partial charge in [-0.1, -0.05) is 36.8 Å². The zero-order chi connectivity index (χ0) is 15.2. The van der Waals surface area contributed by atoms with Crippen molar-refractivity contribution in [3.8, 4) is 5.75 Å². The van der Waals surface area contributed by atoms with Crippen molar-refractivity contribution in [3.05, 3.63) is 65.7 Å². The molecule has 0 amide bonds. The van der Waals surface area contributed by atoms with Gasteiger partial charge >= 0.3 is 5.97 Å². The highest BCUT2D eigenvalue weighted by Gasteiger charge is 2.12. The Labute approximate surface area is 143 Å². The third-order valence-electron chi connectivity index (χ3n) is 4.00. The zero-order valence-electron chi connectivity index (χ0n) is 13.1. The maximum absolute atomic E-state index is 12.1. The lowest BCUT2D eigenvalue weighted by molar-refractivity contribution is 0.0734. The van der Waals surface area contributed by atoms with Crippen molar-refractivity contribution in [2.24, 2.45) is 0 Å². The van der Waals surface area contributed by atoms with Crippen LogP contribution in [0.1, 0.15) is 35.2 Å². The van der Waals surface area contributed by atoms with Gasteiger partial charge in [-0.15, -0.1) is 12.4 Å². The monoisotopic (exact) mass is 331 g/mol. The van der Waals surface area contributed by atoms with Gasteiger partial charge < -0.3 is 4.74 Å². The third-order valence-corrected chi connectivity index (χ3v) is 4.00. The average molecular weight is 332 g/mol. The Hall–Kier alpha value is -1.84. The molecule has 3 nitrogen and oxygen atoms in total. The Morgan fingerprint density at radius 1 is 0.913 bits per heavy atom. The van der Waals surface area contributed by atoms with Crippen LogP contribution in [0.3, 0.4) is 0 Å². The summed E-state index contributed by atoms with van der Waals surface area (Å²) in [6.45, 7) is 3.32. The number of carbonyl (C=O) groups excluding carboxylic acids is 1. The fraction of sp³-hybridized carbons (Fsp3) is 0.316. The minimum atomic E-state index is -0.310. The van der Waals surface area contributed by atoms with Gasteiger partial charge in [0.15, 0.2) is 0 Å². The van der Waals surface area contributed by atoms with Crippen LogP contribution in [0.5, 0.6) is 5.75 Å². The molecular weight excluding hydrogens is 310 g/mol. The number of ether oxygens (including phenoxy) is 1. The number of benzene rings is 2. The zero-order valence-corrected chi connectivity index (χ0v) is 13.9. The van der Waals surface area contributed by atoms with Crippen LogP contribution < -0.4 is 4.74 Å². The van der Waals surface area contributed by atoms with Crippen LogP contribution in [0, 0.1) is 0 Å². The molecule has 1 fully saturated rings. The van der Waals surface area contributed by atoms with Crippen LogP contribution in [-0.4, -0.2) is 24.0 Å². The number of nitrogens with zero attached hydrogens (tertiary/aromatic N) is 1. The number of likely N-dealkylation sites (tertiary alicyclic amines) is 1. The van der Waals surface area contributed by atoms with Gasteiger partial charge in [-0.3, -0.25) is 4.90 Å². The molecule has 0 saturated carbocycles. The van der Waals surface area contributed by atoms with Crippen molar-refractivity contribution in [1.82, 2.24) is 4.90 Å². The molecule has 2 aromatic rings. The van der Waals surface area contributed by atoms with Gasteiger partial charge in [-0.25, -0.2) is 4.79 Å². The number of para-hydroxylation sites is 1. The summed E-state index contributed by atoms with van der Waals surface area (Å²) in [5.41, 5.74) is 1.84. The molecular formula is C19H22ClNO2. The maximum atomic E-state index is 12.1. The van der Waals surface area contributed by atoms with Gasteiger partial charge in [0.2, 0.25) is 0 Å². The molecule has 23 heavy (non-hydrogen) atoms. The highest BCUT2D eigenvalue weighted by molar-refractivity contribution is 5.91. The maximum Gasteiger partial charge on any atom is 0.343 e. The molecule has 1 heterocycles. The largest absolute Gasteiger partial charge is 0.423 e. The summed E-state index contributed by atoms with van der Waals surface area (Å²) in [5, 5.41) is 0. The Balaban J connectivity index is 0.00000192. The number of piperidine rings is 1. The van der Waals surface area contributed by atoms with E-state index in [-0.39, 0.29) is 18.4 Å². The standard InChI is InChI=1S/C19H21NO2.ClH/c21-19(22-18-7-3-1-4-8-18)17-11-9-16(10-12-17)15-20-13-5-2-6-14-20;/h1,3-4,7-12H,2,5-6,13-15H2;1H. The van der Waals surface area contributed by atoms with Crippen molar-refractivity contribution < 1.29 is 9.53 Å². The Kier molecular flexibility index (Phi) is 6.63. The fourth-order valence-electron chi connectivity index (χ4n) is 2.78. The SMILES string of the molecule is Cl.O=C(Oc1ccccc1)c1ccc(CN2CCCCC2)cc1. The lowest BCUT2D eigenvalue weighted by atomic mass is 10.1. The van der Waals surface area contributed by atoms with Crippen molar-refractivity contribution in [1.29, 1.82) is 0 Å². The number of hydrogen-bond acceptors (Lipinski definition) is 3. The van der Waals surface area contributed by atoms with Gasteiger partial charge in [0, 0.05) is 6.54 Å². The highest BCUT2D eigenvalue weighted by Crippen LogP contribution is 2.15. The van der Waals surface area contributed by atoms with Gasteiger partial charge in [0.25, 0.3) is 0 Å². The first kappa shape index (κ1) is 17.5. The Morgan fingerprint density at radius 3 is 2.22 bits per heavy atom. The van der Waals surface area contributed by atoms with E-state index < -0.39 is 0 Å². The summed E-state index contributed by atoms with van der Waals surface area (Å²) in [4.78, 5) is 14.6. The first-order chi connectivity index (χ1) is 10.8. The summed E-state index contributed by atoms with van der Waals surface area (Å²) in [5.74, 6) is 0.264. The summed E-state index contributed by atoms with van der Waals surface area (Å²) < 4.78 is 5.34. The molecule has 1 aliphatic rings. The Bertz CT molecular complexity index is 607. The molecule has 0 unspecified atom stereocenters. The molecule has 2 aromatic carbocycles. The molecule has 3 rings (SSSR count). The van der Waals surface area contributed by atoms with E-state index in [2.05, 4.69) is 4.90 Å². The summed E-state index contributed by atoms with van der Waals surface area (Å²) in [7, 11) is 0. The lowest BCUT2D eigenvalue weighted by Crippen LogP contribution is -2.29. The van der Waals surface area contributed by atoms with E-state index in [1.807, 2.05) is 42.5 Å². The quantitative estimate of drug-likeness (QED) is 0.617. The molecule has 1 saturated heterocycles. The van der Waals surface area contributed by atoms with E-state index in [4.69, 9.17) is 4.74 Å². The van der Waals surface area contributed by atoms with E-state index in [9.17, 15) is 4.79 Å². The highest BCUT2D eigenvalue weighted by atomic mass is 35.5. The van der Waals surface area contributed by atoms with E-state index >= 15 is 0 Å². The van der Waals surface area contributed by atoms with Gasteiger partial charge in [-0.2, -0.15) is 0 Å². The number of esters is 1. The molecule has 1 aliphatic heterocycles. The molecule has 4 heteroatoms. The molecule has 0 aromatic heterocycles. The van der Waals surface area contributed by atoms with E-state index in [0.29, 0.717) is 11.3 Å². The van der Waals surface area contributed by atoms with Crippen LogP contribution in [-0.2, 0) is 6.54 Å². The summed E-state index contributed by atoms with van der Waals surface area (Å²) in [6.07, 6.45) is 3.93. The molecule has 0 N–H and O–H groups in total. The molecule has 0 bridgehead atoms. The normalized spacial score (nSPS) is 14.8. The van der Waals surface area contributed by atoms with Crippen LogP contribution in [0.2, 0.25) is 0 Å². The smallest absolute Gasteiger partial charge is 0.343 e. The van der Waals surface area contributed by atoms with Gasteiger partial charge in [0.05, 0.1) is 5.56 Å². The predicted octanol–water partition coefficient (Wildman–Crippen LogP) is 4.31. The summed E-state index contributed by atoms with van der Waals surface area (Å²) in [6, 6.07) is 16.9. The lowest BCUT2D eigenvalue weighted by Gasteiger charge is -2.26. The van der Waals surface area contributed by atoms with E-state index in [0.717, 1.165) is 6.54 Å². The number of halogens is 1. The minimum Gasteiger partial charge on any atom is -0.423 e. The van der Waals surface area contributed by atoms with Crippen LogP contribution >= 0.6 is 12.4 Å². The van der Waals surface area contributed by atoms with Crippen molar-refractivity contribution in [3.63, 3.8) is 0 Å². The van der Waals surface area contributed by atoms with Crippen molar-refractivity contribution in [2.75, 3.05) is 13.1 Å². The van der Waals surface area contributed by atoms with Gasteiger partial charge in [0.1, 0.15) is 5.75 Å². The Morgan fingerprint density at radius 2 is 1.57 bits per heavy atom. The molecule has 0 atom stereocenters. The van der Waals surface area contributed by atoms with Crippen molar-refractivity contribution >= 4 is 18.4 Å². The number of hydrogen-bond donors (Lipinski definition) is 0. The van der Waals surface area contributed by atoms with Crippen LogP contribution in [0.25, 0.3) is 0 Å². The minimum absolute atomic E-state index is 0. The number of rotatable bonds is 4. The second-order valence-corrected chi connectivity index (χ2v) is 5.74. The van der Waals surface area contributed by atoms with Crippen molar-refractivity contribution in [2.45, 2.75) is 25.8 Å². The molecule has 0 aliphatic carbocycles. The molecule has 0 spiro atoms. The van der Waals surface area contributed by atoms with E-state index in [1.165, 1.54) is 37.9 Å². The van der Waals surface area contributed by atoms with E-state index in [1.54, 1.807) is 12.1 Å². The van der Waals surface area contributed by atoms with Crippen LogP contribution in [0.4, 0.5) is 0 Å². The molecule has 0 radical (unpaired) electrons. The second-order valence-electron chi connectivity index (χ2n) is 5.74. The molecule has 122 valence electrons. The number of carbonyl (C=O) groups is 1. The topological polar surface area (TPSA) is 29.5 Å². The van der Waals surface area contributed by atoms with Gasteiger partial charge in [-0.05, 0) is 55.8 Å². The predicted molar refractivity (Wildman–Crippen MR) is 94.2 cm³/mol. The third kappa shape index (κ3) is 5.08. The summed E-state index contributed by atoms with van der Waals surface area (Å²) >= 11 is 0. The first-order valence-electron chi connectivity index (χ1n) is 7.90. The second kappa shape index (κ2) is 8.70. The first-order valence-corrected chi connectivity index (χ1v) is 7.90.